The zero-order valence-corrected chi connectivity index (χ0v) is 10.3. The van der Waals surface area contributed by atoms with Gasteiger partial charge >= 0.3 is 0 Å². The maximum atomic E-state index is 11.7. The third-order valence-electron chi connectivity index (χ3n) is 3.26. The largest absolute Gasteiger partial charge is 0.495 e. The molecule has 0 amide bonds. The summed E-state index contributed by atoms with van der Waals surface area (Å²) < 4.78 is 5.34. The summed E-state index contributed by atoms with van der Waals surface area (Å²) in [5.74, 6) is 0.790. The van der Waals surface area contributed by atoms with Crippen molar-refractivity contribution in [2.75, 3.05) is 7.11 Å². The molecule has 0 aliphatic heterocycles. The fourth-order valence-electron chi connectivity index (χ4n) is 2.41. The summed E-state index contributed by atoms with van der Waals surface area (Å²) in [6.07, 6.45) is 0.779. The number of fused-ring (bicyclic) bond motifs is 3. The molecule has 0 aliphatic carbocycles. The SMILES string of the molecule is CCc1[nH]c(=O)cc2c1[nH]c1c(OC)cccc12. The predicted octanol–water partition coefficient (Wildman–Crippen LogP) is 2.58. The number of rotatable bonds is 2. The molecule has 92 valence electrons. The maximum absolute atomic E-state index is 11.7. The fraction of sp³-hybridized carbons (Fsp3) is 0.214. The summed E-state index contributed by atoms with van der Waals surface area (Å²) in [6.45, 7) is 2.02. The van der Waals surface area contributed by atoms with Crippen molar-refractivity contribution in [3.05, 3.63) is 40.3 Å². The molecule has 0 atom stereocenters. The minimum absolute atomic E-state index is 0.0666. The second-order valence-electron chi connectivity index (χ2n) is 4.26. The van der Waals surface area contributed by atoms with Crippen molar-refractivity contribution in [1.29, 1.82) is 0 Å². The number of para-hydroxylation sites is 1. The molecule has 1 aromatic carbocycles. The predicted molar refractivity (Wildman–Crippen MR) is 72.4 cm³/mol. The van der Waals surface area contributed by atoms with Gasteiger partial charge in [0, 0.05) is 22.5 Å². The minimum atomic E-state index is -0.0666. The van der Waals surface area contributed by atoms with Crippen LogP contribution in [0.15, 0.2) is 29.1 Å². The Labute approximate surface area is 104 Å². The molecule has 2 aromatic heterocycles. The van der Waals surface area contributed by atoms with Gasteiger partial charge in [-0.1, -0.05) is 19.1 Å². The Bertz CT molecular complexity index is 783. The zero-order chi connectivity index (χ0) is 12.7. The lowest BCUT2D eigenvalue weighted by Gasteiger charge is -1.99. The van der Waals surface area contributed by atoms with E-state index in [4.69, 9.17) is 4.74 Å². The first-order chi connectivity index (χ1) is 8.74. The van der Waals surface area contributed by atoms with Crippen molar-refractivity contribution in [2.45, 2.75) is 13.3 Å². The van der Waals surface area contributed by atoms with E-state index in [9.17, 15) is 4.79 Å². The Morgan fingerprint density at radius 3 is 2.72 bits per heavy atom. The molecule has 3 rings (SSSR count). The van der Waals surface area contributed by atoms with Gasteiger partial charge < -0.3 is 14.7 Å². The molecule has 4 nitrogen and oxygen atoms in total. The lowest BCUT2D eigenvalue weighted by atomic mass is 10.1. The first-order valence-electron chi connectivity index (χ1n) is 5.95. The van der Waals surface area contributed by atoms with Crippen molar-refractivity contribution in [3.63, 3.8) is 0 Å². The molecule has 3 aromatic rings. The number of pyridine rings is 1. The fourth-order valence-corrected chi connectivity index (χ4v) is 2.41. The molecule has 0 spiro atoms. The molecule has 2 heterocycles. The van der Waals surface area contributed by atoms with Gasteiger partial charge in [0.25, 0.3) is 0 Å². The van der Waals surface area contributed by atoms with Crippen LogP contribution in [0.5, 0.6) is 5.75 Å². The van der Waals surface area contributed by atoms with E-state index < -0.39 is 0 Å². The van der Waals surface area contributed by atoms with Crippen molar-refractivity contribution in [2.24, 2.45) is 0 Å². The Kier molecular flexibility index (Phi) is 2.37. The average molecular weight is 242 g/mol. The van der Waals surface area contributed by atoms with Gasteiger partial charge in [-0.25, -0.2) is 0 Å². The van der Waals surface area contributed by atoms with Crippen LogP contribution >= 0.6 is 0 Å². The van der Waals surface area contributed by atoms with E-state index in [1.807, 2.05) is 25.1 Å². The quantitative estimate of drug-likeness (QED) is 0.725. The van der Waals surface area contributed by atoms with Gasteiger partial charge in [-0.15, -0.1) is 0 Å². The highest BCUT2D eigenvalue weighted by molar-refractivity contribution is 6.09. The van der Waals surface area contributed by atoms with E-state index in [0.29, 0.717) is 0 Å². The van der Waals surface area contributed by atoms with Crippen LogP contribution in [-0.4, -0.2) is 17.1 Å². The third kappa shape index (κ3) is 1.42. The van der Waals surface area contributed by atoms with Crippen molar-refractivity contribution in [3.8, 4) is 5.75 Å². The molecule has 0 unspecified atom stereocenters. The number of ether oxygens (including phenoxy) is 1. The van der Waals surface area contributed by atoms with Gasteiger partial charge in [0.15, 0.2) is 0 Å². The van der Waals surface area contributed by atoms with Gasteiger partial charge in [-0.05, 0) is 12.5 Å². The van der Waals surface area contributed by atoms with Crippen molar-refractivity contribution in [1.82, 2.24) is 9.97 Å². The van der Waals surface area contributed by atoms with Crippen molar-refractivity contribution >= 4 is 21.8 Å². The summed E-state index contributed by atoms with van der Waals surface area (Å²) in [7, 11) is 1.65. The summed E-state index contributed by atoms with van der Waals surface area (Å²) >= 11 is 0. The van der Waals surface area contributed by atoms with Crippen LogP contribution in [0.2, 0.25) is 0 Å². The number of aromatic amines is 2. The van der Waals surface area contributed by atoms with Crippen molar-refractivity contribution < 1.29 is 4.74 Å². The Balaban J connectivity index is 2.54. The number of aromatic nitrogens is 2. The number of hydrogen-bond acceptors (Lipinski definition) is 2. The summed E-state index contributed by atoms with van der Waals surface area (Å²) in [6, 6.07) is 7.47. The van der Waals surface area contributed by atoms with Gasteiger partial charge in [0.1, 0.15) is 5.75 Å². The molecular weight excluding hydrogens is 228 g/mol. The number of methoxy groups -OCH3 is 1. The molecule has 0 bridgehead atoms. The Hall–Kier alpha value is -2.23. The monoisotopic (exact) mass is 242 g/mol. The second-order valence-corrected chi connectivity index (χ2v) is 4.26. The van der Waals surface area contributed by atoms with E-state index >= 15 is 0 Å². The minimum Gasteiger partial charge on any atom is -0.495 e. The van der Waals surface area contributed by atoms with Crippen LogP contribution in [-0.2, 0) is 6.42 Å². The second kappa shape index (κ2) is 3.91. The maximum Gasteiger partial charge on any atom is 0.248 e. The van der Waals surface area contributed by atoms with Crippen LogP contribution in [0, 0.1) is 0 Å². The van der Waals surface area contributed by atoms with E-state index in [0.717, 1.165) is 39.7 Å². The van der Waals surface area contributed by atoms with Crippen LogP contribution < -0.4 is 10.3 Å². The van der Waals surface area contributed by atoms with E-state index in [2.05, 4.69) is 9.97 Å². The smallest absolute Gasteiger partial charge is 0.248 e. The lowest BCUT2D eigenvalue weighted by molar-refractivity contribution is 0.419. The molecule has 0 radical (unpaired) electrons. The summed E-state index contributed by atoms with van der Waals surface area (Å²) in [5.41, 5.74) is 2.78. The zero-order valence-electron chi connectivity index (χ0n) is 10.3. The number of aryl methyl sites for hydroxylation is 1. The van der Waals surface area contributed by atoms with Gasteiger partial charge in [0.2, 0.25) is 5.56 Å². The molecular formula is C14H14N2O2. The molecule has 0 saturated heterocycles. The number of benzene rings is 1. The average Bonchev–Trinajstić information content (AvgIpc) is 2.76. The normalized spacial score (nSPS) is 11.2. The van der Waals surface area contributed by atoms with E-state index in [1.165, 1.54) is 0 Å². The van der Waals surface area contributed by atoms with Crippen LogP contribution in [0.3, 0.4) is 0 Å². The van der Waals surface area contributed by atoms with E-state index in [1.54, 1.807) is 13.2 Å². The molecule has 0 aliphatic rings. The Morgan fingerprint density at radius 2 is 2.00 bits per heavy atom. The molecule has 0 saturated carbocycles. The van der Waals surface area contributed by atoms with Crippen LogP contribution in [0.4, 0.5) is 0 Å². The number of H-pyrrole nitrogens is 2. The molecule has 2 N–H and O–H groups in total. The van der Waals surface area contributed by atoms with Gasteiger partial charge in [0.05, 0.1) is 18.1 Å². The van der Waals surface area contributed by atoms with Crippen LogP contribution in [0.25, 0.3) is 21.8 Å². The topological polar surface area (TPSA) is 57.9 Å². The highest BCUT2D eigenvalue weighted by atomic mass is 16.5. The highest BCUT2D eigenvalue weighted by Crippen LogP contribution is 2.31. The number of nitrogens with one attached hydrogen (secondary N) is 2. The lowest BCUT2D eigenvalue weighted by Crippen LogP contribution is -2.06. The van der Waals surface area contributed by atoms with Gasteiger partial charge in [-0.2, -0.15) is 0 Å². The first-order valence-corrected chi connectivity index (χ1v) is 5.95. The highest BCUT2D eigenvalue weighted by Gasteiger charge is 2.11. The molecule has 18 heavy (non-hydrogen) atoms. The Morgan fingerprint density at radius 1 is 1.17 bits per heavy atom. The van der Waals surface area contributed by atoms with Gasteiger partial charge in [-0.3, -0.25) is 4.79 Å². The number of hydrogen-bond donors (Lipinski definition) is 2. The summed E-state index contributed by atoms with van der Waals surface area (Å²) in [4.78, 5) is 17.9. The first kappa shape index (κ1) is 10.9. The third-order valence-corrected chi connectivity index (χ3v) is 3.26. The standard InChI is InChI=1S/C14H14N2O2/c1-3-10-13-9(7-12(17)15-10)8-5-4-6-11(18-2)14(8)16-13/h4-7,16H,3H2,1-2H3,(H,15,17). The van der Waals surface area contributed by atoms with E-state index in [-0.39, 0.29) is 5.56 Å². The van der Waals surface area contributed by atoms with Crippen LogP contribution in [0.1, 0.15) is 12.6 Å². The summed E-state index contributed by atoms with van der Waals surface area (Å²) in [5, 5.41) is 1.97. The molecule has 0 fully saturated rings. The molecule has 4 heteroatoms.